The van der Waals surface area contributed by atoms with Gasteiger partial charge in [0, 0.05) is 19.0 Å². The second-order valence-corrected chi connectivity index (χ2v) is 5.21. The molecule has 2 nitrogen and oxygen atoms in total. The summed E-state index contributed by atoms with van der Waals surface area (Å²) in [6, 6.07) is 0. The SMILES string of the molecule is CCC1CN(C(=O)C2CC2C)CC1C. The lowest BCUT2D eigenvalue weighted by Crippen LogP contribution is -2.30. The predicted molar refractivity (Wildman–Crippen MR) is 56.8 cm³/mol. The number of hydrogen-bond donors (Lipinski definition) is 0. The molecule has 4 atom stereocenters. The molecule has 0 radical (unpaired) electrons. The van der Waals surface area contributed by atoms with E-state index in [1.54, 1.807) is 0 Å². The maximum atomic E-state index is 12.0. The van der Waals surface area contributed by atoms with Gasteiger partial charge in [0.15, 0.2) is 0 Å². The summed E-state index contributed by atoms with van der Waals surface area (Å²) in [6.45, 7) is 8.70. The molecule has 1 amide bonds. The molecule has 1 aliphatic heterocycles. The molecule has 1 saturated carbocycles. The molecule has 0 N–H and O–H groups in total. The Kier molecular flexibility index (Phi) is 2.54. The van der Waals surface area contributed by atoms with Gasteiger partial charge in [-0.15, -0.1) is 0 Å². The van der Waals surface area contributed by atoms with Crippen LogP contribution in [0, 0.1) is 23.7 Å². The summed E-state index contributed by atoms with van der Waals surface area (Å²) in [5.41, 5.74) is 0. The molecule has 1 aliphatic carbocycles. The molecule has 0 aromatic heterocycles. The average molecular weight is 195 g/mol. The van der Waals surface area contributed by atoms with Crippen molar-refractivity contribution in [1.82, 2.24) is 4.90 Å². The zero-order valence-electron chi connectivity index (χ0n) is 9.49. The van der Waals surface area contributed by atoms with Crippen LogP contribution in [0.25, 0.3) is 0 Å². The first-order chi connectivity index (χ1) is 6.63. The number of carbonyl (C=O) groups excluding carboxylic acids is 1. The molecule has 0 aromatic carbocycles. The number of hydrogen-bond acceptors (Lipinski definition) is 1. The van der Waals surface area contributed by atoms with Crippen LogP contribution in [-0.4, -0.2) is 23.9 Å². The Hall–Kier alpha value is -0.530. The van der Waals surface area contributed by atoms with Crippen molar-refractivity contribution in [2.45, 2.75) is 33.6 Å². The van der Waals surface area contributed by atoms with Crippen LogP contribution in [0.5, 0.6) is 0 Å². The molecule has 2 fully saturated rings. The quantitative estimate of drug-likeness (QED) is 0.661. The van der Waals surface area contributed by atoms with E-state index in [9.17, 15) is 4.79 Å². The molecular weight excluding hydrogens is 174 g/mol. The summed E-state index contributed by atoms with van der Waals surface area (Å²) in [5, 5.41) is 0. The highest BCUT2D eigenvalue weighted by Crippen LogP contribution is 2.40. The van der Waals surface area contributed by atoms with E-state index >= 15 is 0 Å². The Morgan fingerprint density at radius 2 is 1.93 bits per heavy atom. The molecule has 2 heteroatoms. The maximum absolute atomic E-state index is 12.0. The van der Waals surface area contributed by atoms with E-state index in [1.165, 1.54) is 6.42 Å². The third-order valence-electron chi connectivity index (χ3n) is 4.03. The van der Waals surface area contributed by atoms with Gasteiger partial charge in [-0.05, 0) is 24.2 Å². The summed E-state index contributed by atoms with van der Waals surface area (Å²) < 4.78 is 0. The lowest BCUT2D eigenvalue weighted by Gasteiger charge is -2.15. The van der Waals surface area contributed by atoms with E-state index in [4.69, 9.17) is 0 Å². The Morgan fingerprint density at radius 3 is 2.36 bits per heavy atom. The Morgan fingerprint density at radius 1 is 1.29 bits per heavy atom. The Labute approximate surface area is 86.7 Å². The molecule has 80 valence electrons. The fourth-order valence-corrected chi connectivity index (χ4v) is 2.65. The molecule has 1 saturated heterocycles. The van der Waals surface area contributed by atoms with Gasteiger partial charge >= 0.3 is 0 Å². The zero-order chi connectivity index (χ0) is 10.3. The summed E-state index contributed by atoms with van der Waals surface area (Å²) in [6.07, 6.45) is 2.34. The standard InChI is InChI=1S/C12H21NO/c1-4-10-7-13(6-9(10)3)12(14)11-5-8(11)2/h8-11H,4-7H2,1-3H3. The molecule has 4 unspecified atom stereocenters. The lowest BCUT2D eigenvalue weighted by molar-refractivity contribution is -0.132. The fourth-order valence-electron chi connectivity index (χ4n) is 2.65. The van der Waals surface area contributed by atoms with Crippen molar-refractivity contribution >= 4 is 5.91 Å². The van der Waals surface area contributed by atoms with Crippen molar-refractivity contribution in [3.63, 3.8) is 0 Å². The monoisotopic (exact) mass is 195 g/mol. The van der Waals surface area contributed by atoms with E-state index < -0.39 is 0 Å². The van der Waals surface area contributed by atoms with Crippen molar-refractivity contribution in [3.8, 4) is 0 Å². The normalized spacial score (nSPS) is 41.5. The number of rotatable bonds is 2. The molecule has 14 heavy (non-hydrogen) atoms. The van der Waals surface area contributed by atoms with Crippen LogP contribution in [0.2, 0.25) is 0 Å². The molecule has 2 aliphatic rings. The van der Waals surface area contributed by atoms with E-state index in [2.05, 4.69) is 25.7 Å². The van der Waals surface area contributed by atoms with Gasteiger partial charge in [0.2, 0.25) is 5.91 Å². The van der Waals surface area contributed by atoms with Gasteiger partial charge in [0.25, 0.3) is 0 Å². The minimum atomic E-state index is 0.373. The number of amides is 1. The zero-order valence-corrected chi connectivity index (χ0v) is 9.49. The Bertz CT molecular complexity index is 238. The molecule has 1 heterocycles. The second-order valence-electron chi connectivity index (χ2n) is 5.21. The Balaban J connectivity index is 1.91. The van der Waals surface area contributed by atoms with Gasteiger partial charge in [-0.3, -0.25) is 4.79 Å². The largest absolute Gasteiger partial charge is 0.342 e. The van der Waals surface area contributed by atoms with Crippen LogP contribution in [0.3, 0.4) is 0 Å². The van der Waals surface area contributed by atoms with Gasteiger partial charge in [-0.1, -0.05) is 27.2 Å². The molecule has 0 bridgehead atoms. The smallest absolute Gasteiger partial charge is 0.225 e. The highest BCUT2D eigenvalue weighted by atomic mass is 16.2. The first-order valence-electron chi connectivity index (χ1n) is 5.92. The van der Waals surface area contributed by atoms with Crippen molar-refractivity contribution in [3.05, 3.63) is 0 Å². The molecule has 2 rings (SSSR count). The van der Waals surface area contributed by atoms with E-state index in [0.717, 1.165) is 25.4 Å². The fraction of sp³-hybridized carbons (Fsp3) is 0.917. The third-order valence-corrected chi connectivity index (χ3v) is 4.03. The van der Waals surface area contributed by atoms with Gasteiger partial charge in [-0.25, -0.2) is 0 Å². The topological polar surface area (TPSA) is 20.3 Å². The summed E-state index contributed by atoms with van der Waals surface area (Å²) in [5.74, 6) is 2.91. The minimum Gasteiger partial charge on any atom is -0.342 e. The van der Waals surface area contributed by atoms with Crippen molar-refractivity contribution in [2.24, 2.45) is 23.7 Å². The van der Waals surface area contributed by atoms with E-state index in [0.29, 0.717) is 23.7 Å². The second kappa shape index (κ2) is 3.56. The first kappa shape index (κ1) is 10.0. The van der Waals surface area contributed by atoms with Crippen LogP contribution in [0.15, 0.2) is 0 Å². The van der Waals surface area contributed by atoms with Crippen LogP contribution >= 0.6 is 0 Å². The van der Waals surface area contributed by atoms with Gasteiger partial charge in [0.1, 0.15) is 0 Å². The van der Waals surface area contributed by atoms with Crippen LogP contribution in [0.1, 0.15) is 33.6 Å². The van der Waals surface area contributed by atoms with Gasteiger partial charge < -0.3 is 4.90 Å². The number of likely N-dealkylation sites (tertiary alicyclic amines) is 1. The van der Waals surface area contributed by atoms with Crippen molar-refractivity contribution < 1.29 is 4.79 Å². The third kappa shape index (κ3) is 1.67. The van der Waals surface area contributed by atoms with E-state index in [1.807, 2.05) is 0 Å². The lowest BCUT2D eigenvalue weighted by atomic mass is 9.96. The summed E-state index contributed by atoms with van der Waals surface area (Å²) in [4.78, 5) is 14.1. The first-order valence-corrected chi connectivity index (χ1v) is 5.92. The minimum absolute atomic E-state index is 0.373. The van der Waals surface area contributed by atoms with Gasteiger partial charge in [-0.2, -0.15) is 0 Å². The van der Waals surface area contributed by atoms with Crippen LogP contribution < -0.4 is 0 Å². The van der Waals surface area contributed by atoms with Crippen molar-refractivity contribution in [1.29, 1.82) is 0 Å². The van der Waals surface area contributed by atoms with Crippen molar-refractivity contribution in [2.75, 3.05) is 13.1 Å². The van der Waals surface area contributed by atoms with E-state index in [-0.39, 0.29) is 0 Å². The molecular formula is C12H21NO. The highest BCUT2D eigenvalue weighted by Gasteiger charge is 2.43. The summed E-state index contributed by atoms with van der Waals surface area (Å²) >= 11 is 0. The average Bonchev–Trinajstić information content (AvgIpc) is 2.75. The molecule has 0 aromatic rings. The van der Waals surface area contributed by atoms with Crippen LogP contribution in [0.4, 0.5) is 0 Å². The van der Waals surface area contributed by atoms with Crippen LogP contribution in [-0.2, 0) is 4.79 Å². The summed E-state index contributed by atoms with van der Waals surface area (Å²) in [7, 11) is 0. The highest BCUT2D eigenvalue weighted by molar-refractivity contribution is 5.81. The predicted octanol–water partition coefficient (Wildman–Crippen LogP) is 2.15. The molecule has 0 spiro atoms. The van der Waals surface area contributed by atoms with Gasteiger partial charge in [0.05, 0.1) is 0 Å². The number of nitrogens with zero attached hydrogens (tertiary/aromatic N) is 1. The maximum Gasteiger partial charge on any atom is 0.225 e. The number of carbonyl (C=O) groups is 1.